The summed E-state index contributed by atoms with van der Waals surface area (Å²) in [5.74, 6) is 1.62. The zero-order valence-corrected chi connectivity index (χ0v) is 21.0. The molecular formula is C22H41IN6O. The molecule has 2 heterocycles. The van der Waals surface area contributed by atoms with Gasteiger partial charge in [-0.15, -0.1) is 30.6 Å². The molecule has 0 atom stereocenters. The van der Waals surface area contributed by atoms with Gasteiger partial charge in [-0.1, -0.05) is 18.9 Å². The minimum atomic E-state index is 0. The Morgan fingerprint density at radius 3 is 2.30 bits per heavy atom. The highest BCUT2D eigenvalue weighted by atomic mass is 127. The van der Waals surface area contributed by atoms with Crippen molar-refractivity contribution in [3.63, 3.8) is 0 Å². The molecule has 0 bridgehead atoms. The number of hydrogen-bond acceptors (Lipinski definition) is 4. The van der Waals surface area contributed by atoms with Crippen LogP contribution in [0.4, 0.5) is 0 Å². The maximum atomic E-state index is 12.6. The first kappa shape index (κ1) is 25.4. The Hall–Kier alpha value is -0.870. The lowest BCUT2D eigenvalue weighted by atomic mass is 10.1. The molecule has 30 heavy (non-hydrogen) atoms. The fourth-order valence-corrected chi connectivity index (χ4v) is 4.79. The molecule has 172 valence electrons. The number of piperazine rings is 1. The van der Waals surface area contributed by atoms with Crippen molar-refractivity contribution in [2.45, 2.75) is 44.6 Å². The zero-order chi connectivity index (χ0) is 20.5. The maximum absolute atomic E-state index is 12.6. The summed E-state index contributed by atoms with van der Waals surface area (Å²) in [4.78, 5) is 23.9. The topological polar surface area (TPSA) is 63.2 Å². The number of likely N-dealkylation sites (tertiary alicyclic amines) is 1. The molecule has 8 heteroatoms. The van der Waals surface area contributed by atoms with Crippen LogP contribution in [0.5, 0.6) is 0 Å². The van der Waals surface area contributed by atoms with E-state index < -0.39 is 0 Å². The molecule has 3 fully saturated rings. The van der Waals surface area contributed by atoms with Crippen LogP contribution in [0.3, 0.4) is 0 Å². The minimum Gasteiger partial charge on any atom is -0.355 e. The summed E-state index contributed by atoms with van der Waals surface area (Å²) in [5.41, 5.74) is 0. The molecule has 0 aromatic heterocycles. The molecule has 3 rings (SSSR count). The fraction of sp³-hybridized carbons (Fsp3) is 0.818. The van der Waals surface area contributed by atoms with Gasteiger partial charge in [-0.3, -0.25) is 19.6 Å². The Kier molecular flexibility index (Phi) is 11.4. The van der Waals surface area contributed by atoms with Gasteiger partial charge in [0.15, 0.2) is 5.96 Å². The molecule has 0 spiro atoms. The minimum absolute atomic E-state index is 0. The summed E-state index contributed by atoms with van der Waals surface area (Å²) in [7, 11) is 1.84. The van der Waals surface area contributed by atoms with Gasteiger partial charge in [-0.25, -0.2) is 0 Å². The summed E-state index contributed by atoms with van der Waals surface area (Å²) in [5, 5.41) is 7.04. The van der Waals surface area contributed by atoms with E-state index in [0.717, 1.165) is 90.5 Å². The second-order valence-corrected chi connectivity index (χ2v) is 8.66. The fourth-order valence-electron chi connectivity index (χ4n) is 4.79. The van der Waals surface area contributed by atoms with E-state index >= 15 is 0 Å². The summed E-state index contributed by atoms with van der Waals surface area (Å²) in [6, 6.07) is 0.493. The summed E-state index contributed by atoms with van der Waals surface area (Å²) < 4.78 is 0. The van der Waals surface area contributed by atoms with Crippen LogP contribution in [0.1, 0.15) is 38.5 Å². The average Bonchev–Trinajstić information content (AvgIpc) is 3.29. The number of piperidine rings is 1. The predicted molar refractivity (Wildman–Crippen MR) is 135 cm³/mol. The number of carbonyl (C=O) groups is 1. The van der Waals surface area contributed by atoms with Crippen molar-refractivity contribution in [3.05, 3.63) is 12.7 Å². The molecule has 7 nitrogen and oxygen atoms in total. The van der Waals surface area contributed by atoms with Crippen LogP contribution in [0, 0.1) is 5.92 Å². The highest BCUT2D eigenvalue weighted by Gasteiger charge is 2.29. The van der Waals surface area contributed by atoms with Gasteiger partial charge in [0.25, 0.3) is 0 Å². The van der Waals surface area contributed by atoms with E-state index in [0.29, 0.717) is 17.9 Å². The second kappa shape index (κ2) is 13.5. The molecule has 2 aliphatic heterocycles. The van der Waals surface area contributed by atoms with Crippen LogP contribution in [0.15, 0.2) is 17.6 Å². The van der Waals surface area contributed by atoms with Crippen LogP contribution < -0.4 is 10.6 Å². The summed E-state index contributed by atoms with van der Waals surface area (Å²) in [6.07, 6.45) is 8.93. The van der Waals surface area contributed by atoms with Crippen molar-refractivity contribution in [3.8, 4) is 0 Å². The van der Waals surface area contributed by atoms with E-state index in [-0.39, 0.29) is 24.0 Å². The molecule has 1 aliphatic carbocycles. The Bertz CT molecular complexity index is 550. The number of aliphatic imine (C=N–C) groups is 1. The van der Waals surface area contributed by atoms with E-state index in [4.69, 9.17) is 0 Å². The van der Waals surface area contributed by atoms with Gasteiger partial charge in [0.2, 0.25) is 5.91 Å². The van der Waals surface area contributed by atoms with Gasteiger partial charge >= 0.3 is 0 Å². The standard InChI is InChI=1S/C22H40N6O.HI/c1-3-11-26-12-8-20(9-13-26)25-22(23-2)24-10-14-27-15-17-28(18-16-27)21(29)19-6-4-5-7-19;/h3,19-20H,1,4-18H2,2H3,(H2,23,24,25);1H. The van der Waals surface area contributed by atoms with E-state index in [1.54, 1.807) is 0 Å². The van der Waals surface area contributed by atoms with Crippen LogP contribution in [0.25, 0.3) is 0 Å². The maximum Gasteiger partial charge on any atom is 0.225 e. The Morgan fingerprint density at radius 1 is 1.03 bits per heavy atom. The molecule has 0 aromatic rings. The third-order valence-electron chi connectivity index (χ3n) is 6.65. The molecular weight excluding hydrogens is 491 g/mol. The van der Waals surface area contributed by atoms with Crippen LogP contribution >= 0.6 is 24.0 Å². The summed E-state index contributed by atoms with van der Waals surface area (Å²) in [6.45, 7) is 12.6. The quantitative estimate of drug-likeness (QED) is 0.227. The third-order valence-corrected chi connectivity index (χ3v) is 6.65. The Labute approximate surface area is 199 Å². The van der Waals surface area contributed by atoms with E-state index in [2.05, 4.69) is 36.9 Å². The lowest BCUT2D eigenvalue weighted by Gasteiger charge is -2.36. The van der Waals surface area contributed by atoms with Gasteiger partial charge in [0, 0.05) is 77.9 Å². The Morgan fingerprint density at radius 2 is 1.70 bits per heavy atom. The van der Waals surface area contributed by atoms with Gasteiger partial charge in [-0.2, -0.15) is 0 Å². The molecule has 1 amide bonds. The van der Waals surface area contributed by atoms with Crippen molar-refractivity contribution < 1.29 is 4.79 Å². The smallest absolute Gasteiger partial charge is 0.225 e. The van der Waals surface area contributed by atoms with E-state index in [1.165, 1.54) is 12.8 Å². The molecule has 3 aliphatic rings. The van der Waals surface area contributed by atoms with Crippen molar-refractivity contribution >= 4 is 35.8 Å². The van der Waals surface area contributed by atoms with Gasteiger partial charge in [0.1, 0.15) is 0 Å². The largest absolute Gasteiger partial charge is 0.355 e. The summed E-state index contributed by atoms with van der Waals surface area (Å²) >= 11 is 0. The molecule has 0 aromatic carbocycles. The van der Waals surface area contributed by atoms with Gasteiger partial charge in [-0.05, 0) is 25.7 Å². The first-order valence-electron chi connectivity index (χ1n) is 11.5. The highest BCUT2D eigenvalue weighted by Crippen LogP contribution is 2.26. The van der Waals surface area contributed by atoms with Gasteiger partial charge < -0.3 is 15.5 Å². The lowest BCUT2D eigenvalue weighted by molar-refractivity contribution is -0.137. The number of guanidine groups is 1. The number of halogens is 1. The molecule has 2 N–H and O–H groups in total. The molecule has 0 radical (unpaired) electrons. The first-order chi connectivity index (χ1) is 14.2. The number of amides is 1. The number of nitrogens with zero attached hydrogens (tertiary/aromatic N) is 4. The number of nitrogens with one attached hydrogen (secondary N) is 2. The molecule has 0 unspecified atom stereocenters. The predicted octanol–water partition coefficient (Wildman–Crippen LogP) is 1.75. The van der Waals surface area contributed by atoms with Crippen molar-refractivity contribution in [2.24, 2.45) is 10.9 Å². The number of carbonyl (C=O) groups excluding carboxylic acids is 1. The number of rotatable bonds is 7. The average molecular weight is 533 g/mol. The first-order valence-corrected chi connectivity index (χ1v) is 11.5. The van der Waals surface area contributed by atoms with E-state index in [9.17, 15) is 4.79 Å². The van der Waals surface area contributed by atoms with Crippen LogP contribution in [-0.2, 0) is 4.79 Å². The molecule has 1 saturated carbocycles. The lowest BCUT2D eigenvalue weighted by Crippen LogP contribution is -2.52. The third kappa shape index (κ3) is 7.67. The van der Waals surface area contributed by atoms with E-state index in [1.807, 2.05) is 13.1 Å². The van der Waals surface area contributed by atoms with Crippen molar-refractivity contribution in [1.29, 1.82) is 0 Å². The van der Waals surface area contributed by atoms with Crippen molar-refractivity contribution in [1.82, 2.24) is 25.3 Å². The Balaban J connectivity index is 0.00000320. The van der Waals surface area contributed by atoms with Crippen molar-refractivity contribution in [2.75, 3.05) is 66.0 Å². The van der Waals surface area contributed by atoms with Crippen LogP contribution in [0.2, 0.25) is 0 Å². The molecule has 2 saturated heterocycles. The zero-order valence-electron chi connectivity index (χ0n) is 18.7. The number of hydrogen-bond donors (Lipinski definition) is 2. The second-order valence-electron chi connectivity index (χ2n) is 8.66. The monoisotopic (exact) mass is 532 g/mol. The van der Waals surface area contributed by atoms with Gasteiger partial charge in [0.05, 0.1) is 0 Å². The van der Waals surface area contributed by atoms with Crippen LogP contribution in [-0.4, -0.2) is 98.6 Å². The highest BCUT2D eigenvalue weighted by molar-refractivity contribution is 14.0. The SMILES string of the molecule is C=CCN1CCC(NC(=NC)NCCN2CCN(C(=O)C3CCCC3)CC2)CC1.I. The normalized spacial score (nSPS) is 22.6.